The van der Waals surface area contributed by atoms with Gasteiger partial charge in [0.2, 0.25) is 5.91 Å². The van der Waals surface area contributed by atoms with E-state index in [2.05, 4.69) is 20.5 Å². The number of nitrogens with zero attached hydrogens (tertiary/aromatic N) is 4. The maximum absolute atomic E-state index is 15.2. The number of aromatic nitrogens is 5. The van der Waals surface area contributed by atoms with Crippen LogP contribution in [0.25, 0.3) is 22.2 Å². The van der Waals surface area contributed by atoms with Crippen LogP contribution in [0.1, 0.15) is 17.0 Å². The Morgan fingerprint density at radius 2 is 1.92 bits per heavy atom. The first kappa shape index (κ1) is 26.2. The summed E-state index contributed by atoms with van der Waals surface area (Å²) in [6, 6.07) is 14.5. The quantitative estimate of drug-likeness (QED) is 0.270. The summed E-state index contributed by atoms with van der Waals surface area (Å²) in [6.45, 7) is 3.55. The second kappa shape index (κ2) is 10.8. The van der Waals surface area contributed by atoms with Crippen molar-refractivity contribution in [1.82, 2.24) is 24.3 Å². The third-order valence-electron chi connectivity index (χ3n) is 6.41. The predicted molar refractivity (Wildman–Crippen MR) is 150 cm³/mol. The van der Waals surface area contributed by atoms with E-state index in [0.717, 1.165) is 10.5 Å². The Labute approximate surface area is 228 Å². The number of amides is 1. The van der Waals surface area contributed by atoms with Gasteiger partial charge in [-0.2, -0.15) is 5.10 Å². The Hall–Kier alpha value is -4.38. The van der Waals surface area contributed by atoms with E-state index in [-0.39, 0.29) is 30.5 Å². The normalized spacial score (nSPS) is 11.2. The monoisotopic (exact) mass is 546 g/mol. The van der Waals surface area contributed by atoms with Gasteiger partial charge in [-0.25, -0.2) is 14.2 Å². The van der Waals surface area contributed by atoms with Crippen LogP contribution in [0.3, 0.4) is 0 Å². The van der Waals surface area contributed by atoms with Crippen molar-refractivity contribution in [2.45, 2.75) is 31.9 Å². The maximum atomic E-state index is 15.2. The number of halogens is 1. The fourth-order valence-corrected chi connectivity index (χ4v) is 5.01. The zero-order valence-corrected chi connectivity index (χ0v) is 22.7. The van der Waals surface area contributed by atoms with Gasteiger partial charge in [0, 0.05) is 23.2 Å². The van der Waals surface area contributed by atoms with Crippen molar-refractivity contribution in [3.05, 3.63) is 88.1 Å². The lowest BCUT2D eigenvalue weighted by Gasteiger charge is -2.13. The molecular formula is C28H27FN6O3S. The number of hydrogen-bond acceptors (Lipinski definition) is 6. The molecule has 2 aromatic heterocycles. The van der Waals surface area contributed by atoms with Crippen LogP contribution >= 0.6 is 11.8 Å². The number of fused-ring (bicyclic) bond motifs is 1. The van der Waals surface area contributed by atoms with Crippen LogP contribution in [0.2, 0.25) is 0 Å². The fraction of sp³-hybridized carbons (Fsp3) is 0.214. The number of carbonyl (C=O) groups excluding carboxylic acids is 1. The number of imidazole rings is 1. The lowest BCUT2D eigenvalue weighted by molar-refractivity contribution is -0.116. The Balaban J connectivity index is 1.49. The number of ether oxygens (including phenoxy) is 1. The first-order valence-electron chi connectivity index (χ1n) is 12.2. The predicted octanol–water partition coefficient (Wildman–Crippen LogP) is 4.82. The highest BCUT2D eigenvalue weighted by atomic mass is 32.2. The molecule has 9 nitrogen and oxygen atoms in total. The summed E-state index contributed by atoms with van der Waals surface area (Å²) in [5.41, 5.74) is 4.25. The molecule has 0 aliphatic carbocycles. The maximum Gasteiger partial charge on any atom is 0.329 e. The summed E-state index contributed by atoms with van der Waals surface area (Å²) >= 11 is 1.61. The van der Waals surface area contributed by atoms with E-state index in [1.807, 2.05) is 55.6 Å². The Morgan fingerprint density at radius 1 is 1.15 bits per heavy atom. The second-order valence-corrected chi connectivity index (χ2v) is 10.1. The zero-order chi connectivity index (χ0) is 27.7. The van der Waals surface area contributed by atoms with E-state index >= 15 is 4.39 Å². The number of hydrogen-bond donors (Lipinski definition) is 2. The van der Waals surface area contributed by atoms with Crippen LogP contribution in [0.4, 0.5) is 10.1 Å². The topological polar surface area (TPSA) is 107 Å². The minimum absolute atomic E-state index is 0.0485. The molecule has 11 heteroatoms. The van der Waals surface area contributed by atoms with Gasteiger partial charge >= 0.3 is 5.69 Å². The summed E-state index contributed by atoms with van der Waals surface area (Å²) in [6.07, 6.45) is 3.34. The molecule has 2 heterocycles. The van der Waals surface area contributed by atoms with Gasteiger partial charge < -0.3 is 10.1 Å². The second-order valence-electron chi connectivity index (χ2n) is 9.21. The first-order valence-corrected chi connectivity index (χ1v) is 13.4. The first-order chi connectivity index (χ1) is 18.7. The van der Waals surface area contributed by atoms with Crippen molar-refractivity contribution < 1.29 is 13.9 Å². The number of rotatable bonds is 8. The number of thioether (sulfide) groups is 1. The Kier molecular flexibility index (Phi) is 7.25. The molecular weight excluding hydrogens is 519 g/mol. The van der Waals surface area contributed by atoms with Crippen LogP contribution in [-0.4, -0.2) is 36.5 Å². The number of aryl methyl sites for hydroxylation is 3. The average Bonchev–Trinajstić information content (AvgIpc) is 3.51. The fourth-order valence-electron chi connectivity index (χ4n) is 4.60. The van der Waals surface area contributed by atoms with Crippen molar-refractivity contribution in [3.63, 3.8) is 0 Å². The third-order valence-corrected chi connectivity index (χ3v) is 7.16. The van der Waals surface area contributed by atoms with Crippen LogP contribution < -0.4 is 15.7 Å². The van der Waals surface area contributed by atoms with E-state index < -0.39 is 5.82 Å². The van der Waals surface area contributed by atoms with Crippen LogP contribution in [0.15, 0.2) is 64.5 Å². The summed E-state index contributed by atoms with van der Waals surface area (Å²) in [5.74, 6) is -0.251. The summed E-state index contributed by atoms with van der Waals surface area (Å²) in [7, 11) is 1.65. The van der Waals surface area contributed by atoms with E-state index in [1.165, 1.54) is 21.5 Å². The molecule has 0 bridgehead atoms. The van der Waals surface area contributed by atoms with Crippen LogP contribution in [0.5, 0.6) is 5.75 Å². The van der Waals surface area contributed by atoms with Gasteiger partial charge in [-0.15, -0.1) is 11.8 Å². The standard InChI is InChI=1S/C28H27FN6O3S/c1-16-9-21(18-11-17(2)27(22(29)12-18)38-14-24-30-15-31-33-24)26-23(10-16)35(28(37)34(26)3)13-25(36)32-19-5-7-20(39-4)8-6-19/h5-12,15H,13-14H2,1-4H3,(H,32,36)(H,30,31,33). The van der Waals surface area contributed by atoms with Gasteiger partial charge in [0.1, 0.15) is 19.5 Å². The molecule has 0 radical (unpaired) electrons. The average molecular weight is 547 g/mol. The summed E-state index contributed by atoms with van der Waals surface area (Å²) < 4.78 is 23.8. The Bertz CT molecular complexity index is 1700. The highest BCUT2D eigenvalue weighted by molar-refractivity contribution is 7.98. The van der Waals surface area contributed by atoms with Crippen molar-refractivity contribution in [3.8, 4) is 16.9 Å². The van der Waals surface area contributed by atoms with Gasteiger partial charge in [-0.3, -0.25) is 19.0 Å². The molecule has 5 aromatic rings. The van der Waals surface area contributed by atoms with E-state index in [9.17, 15) is 9.59 Å². The minimum Gasteiger partial charge on any atom is -0.482 e. The molecule has 200 valence electrons. The van der Waals surface area contributed by atoms with E-state index in [1.54, 1.807) is 25.7 Å². The lowest BCUT2D eigenvalue weighted by Crippen LogP contribution is -2.28. The molecule has 0 atom stereocenters. The molecule has 0 saturated heterocycles. The van der Waals surface area contributed by atoms with Crippen molar-refractivity contribution in [2.24, 2.45) is 7.05 Å². The number of benzene rings is 3. The molecule has 0 aliphatic rings. The highest BCUT2D eigenvalue weighted by Gasteiger charge is 2.20. The molecule has 3 aromatic carbocycles. The molecule has 5 rings (SSSR count). The number of nitrogens with one attached hydrogen (secondary N) is 2. The molecule has 0 aliphatic heterocycles. The largest absolute Gasteiger partial charge is 0.482 e. The van der Waals surface area contributed by atoms with Gasteiger partial charge in [0.15, 0.2) is 17.4 Å². The summed E-state index contributed by atoms with van der Waals surface area (Å²) in [4.78, 5) is 31.2. The molecule has 0 unspecified atom stereocenters. The molecule has 39 heavy (non-hydrogen) atoms. The van der Waals surface area contributed by atoms with E-state index in [0.29, 0.717) is 39.2 Å². The Morgan fingerprint density at radius 3 is 2.59 bits per heavy atom. The molecule has 0 saturated carbocycles. The van der Waals surface area contributed by atoms with Gasteiger partial charge in [-0.1, -0.05) is 0 Å². The number of aromatic amines is 1. The molecule has 2 N–H and O–H groups in total. The minimum atomic E-state index is -0.532. The molecule has 0 spiro atoms. The third kappa shape index (κ3) is 5.30. The lowest BCUT2D eigenvalue weighted by atomic mass is 9.99. The molecule has 1 amide bonds. The van der Waals surface area contributed by atoms with Crippen LogP contribution in [0, 0.1) is 19.7 Å². The van der Waals surface area contributed by atoms with Crippen molar-refractivity contribution in [1.29, 1.82) is 0 Å². The summed E-state index contributed by atoms with van der Waals surface area (Å²) in [5, 5.41) is 9.31. The van der Waals surface area contributed by atoms with Gasteiger partial charge in [0.25, 0.3) is 0 Å². The zero-order valence-electron chi connectivity index (χ0n) is 21.9. The number of H-pyrrole nitrogens is 1. The van der Waals surface area contributed by atoms with Crippen molar-refractivity contribution in [2.75, 3.05) is 11.6 Å². The SMILES string of the molecule is CSc1ccc(NC(=O)Cn2c(=O)n(C)c3c(-c4cc(C)c(OCc5ncn[nH]5)c(F)c4)cc(C)cc32)cc1. The smallest absolute Gasteiger partial charge is 0.329 e. The van der Waals surface area contributed by atoms with Crippen molar-refractivity contribution >= 4 is 34.4 Å². The number of anilines is 1. The van der Waals surface area contributed by atoms with Crippen LogP contribution in [-0.2, 0) is 25.0 Å². The van der Waals surface area contributed by atoms with E-state index in [4.69, 9.17) is 4.74 Å². The number of carbonyl (C=O) groups is 1. The van der Waals surface area contributed by atoms with Gasteiger partial charge in [0.05, 0.1) is 11.0 Å². The highest BCUT2D eigenvalue weighted by Crippen LogP contribution is 2.34. The van der Waals surface area contributed by atoms with Gasteiger partial charge in [-0.05, 0) is 85.3 Å². The molecule has 0 fully saturated rings.